The number of hydrogen-bond donors (Lipinski definition) is 3. The second kappa shape index (κ2) is 6.87. The first-order valence-corrected chi connectivity index (χ1v) is 8.51. The molecule has 0 saturated heterocycles. The summed E-state index contributed by atoms with van der Waals surface area (Å²) in [6.07, 6.45) is 1.72. The van der Waals surface area contributed by atoms with Gasteiger partial charge in [-0.15, -0.1) is 11.3 Å². The molecular weight excluding hydrogens is 310 g/mol. The van der Waals surface area contributed by atoms with Gasteiger partial charge in [-0.1, -0.05) is 11.8 Å². The first kappa shape index (κ1) is 15.7. The fraction of sp³-hybridized carbons (Fsp3) is 0.308. The number of rotatable bonds is 5. The summed E-state index contributed by atoms with van der Waals surface area (Å²) in [6.45, 7) is 1.93. The van der Waals surface area contributed by atoms with Crippen molar-refractivity contribution in [3.05, 3.63) is 33.9 Å². The summed E-state index contributed by atoms with van der Waals surface area (Å²) in [7, 11) is -3.58. The molecule has 21 heavy (non-hydrogen) atoms. The highest BCUT2D eigenvalue weighted by molar-refractivity contribution is 7.89. The van der Waals surface area contributed by atoms with E-state index in [9.17, 15) is 8.42 Å². The molecule has 2 aromatic rings. The molecule has 0 saturated carbocycles. The molecule has 6 nitrogen and oxygen atoms in total. The Balaban J connectivity index is 1.99. The van der Waals surface area contributed by atoms with E-state index < -0.39 is 10.0 Å². The number of sulfonamides is 1. The number of nitrogens with zero attached hydrogens (tertiary/aromatic N) is 1. The van der Waals surface area contributed by atoms with Crippen molar-refractivity contribution in [1.82, 2.24) is 14.7 Å². The fourth-order valence-corrected chi connectivity index (χ4v) is 3.41. The lowest BCUT2D eigenvalue weighted by Crippen LogP contribution is -2.23. The summed E-state index contributed by atoms with van der Waals surface area (Å²) in [4.78, 5) is 8.27. The predicted molar refractivity (Wildman–Crippen MR) is 80.3 cm³/mol. The van der Waals surface area contributed by atoms with Gasteiger partial charge in [0.25, 0.3) is 10.0 Å². The van der Waals surface area contributed by atoms with Gasteiger partial charge in [-0.25, -0.2) is 18.1 Å². The highest BCUT2D eigenvalue weighted by Crippen LogP contribution is 2.16. The summed E-state index contributed by atoms with van der Waals surface area (Å²) in [5, 5.41) is 8.70. The number of imidazole rings is 1. The maximum absolute atomic E-state index is 12.0. The molecule has 0 atom stereocenters. The number of aliphatic hydroxyl groups excluding tert-OH is 1. The van der Waals surface area contributed by atoms with Crippen LogP contribution in [0.2, 0.25) is 0 Å². The Labute approximate surface area is 127 Å². The number of aryl methyl sites for hydroxylation is 1. The molecule has 0 spiro atoms. The highest BCUT2D eigenvalue weighted by Gasteiger charge is 2.16. The number of thiophene rings is 1. The van der Waals surface area contributed by atoms with Crippen LogP contribution in [-0.2, 0) is 16.6 Å². The van der Waals surface area contributed by atoms with Crippen LogP contribution in [0, 0.1) is 18.8 Å². The lowest BCUT2D eigenvalue weighted by Gasteiger charge is -2.02. The average molecular weight is 325 g/mol. The molecule has 0 unspecified atom stereocenters. The number of aliphatic hydroxyl groups is 1. The fourth-order valence-electron chi connectivity index (χ4n) is 1.52. The Morgan fingerprint density at radius 2 is 2.29 bits per heavy atom. The zero-order valence-corrected chi connectivity index (χ0v) is 13.0. The van der Waals surface area contributed by atoms with Gasteiger partial charge in [0.05, 0.1) is 17.7 Å². The lowest BCUT2D eigenvalue weighted by molar-refractivity contribution is 0.305. The van der Waals surface area contributed by atoms with Gasteiger partial charge in [0, 0.05) is 17.8 Å². The maximum Gasteiger partial charge on any atom is 0.257 e. The van der Waals surface area contributed by atoms with Crippen LogP contribution in [-0.4, -0.2) is 30.1 Å². The van der Waals surface area contributed by atoms with Crippen LogP contribution in [0.1, 0.15) is 22.0 Å². The van der Waals surface area contributed by atoms with Gasteiger partial charge in [-0.3, -0.25) is 0 Å². The third-order valence-corrected chi connectivity index (χ3v) is 4.83. The minimum atomic E-state index is -3.58. The monoisotopic (exact) mass is 325 g/mol. The molecule has 0 radical (unpaired) electrons. The van der Waals surface area contributed by atoms with E-state index in [0.29, 0.717) is 12.2 Å². The first-order chi connectivity index (χ1) is 10.0. The van der Waals surface area contributed by atoms with Crippen LogP contribution in [0.5, 0.6) is 0 Å². The number of nitrogens with one attached hydrogen (secondary N) is 2. The predicted octanol–water partition coefficient (Wildman–Crippen LogP) is 0.992. The molecule has 2 rings (SSSR count). The van der Waals surface area contributed by atoms with Crippen molar-refractivity contribution in [3.8, 4) is 11.8 Å². The van der Waals surface area contributed by atoms with Crippen LogP contribution in [0.3, 0.4) is 0 Å². The Hall–Kier alpha value is -1.66. The minimum Gasteiger partial charge on any atom is -0.395 e. The van der Waals surface area contributed by atoms with Gasteiger partial charge in [0.1, 0.15) is 5.82 Å². The summed E-state index contributed by atoms with van der Waals surface area (Å²) in [6, 6.07) is 3.66. The van der Waals surface area contributed by atoms with Gasteiger partial charge in [-0.05, 0) is 19.1 Å². The normalized spacial score (nSPS) is 11.1. The maximum atomic E-state index is 12.0. The zero-order valence-electron chi connectivity index (χ0n) is 11.4. The second-order valence-corrected chi connectivity index (χ2v) is 7.10. The van der Waals surface area contributed by atoms with Crippen molar-refractivity contribution in [1.29, 1.82) is 0 Å². The summed E-state index contributed by atoms with van der Waals surface area (Å²) in [5.41, 5.74) is 0. The van der Waals surface area contributed by atoms with Gasteiger partial charge >= 0.3 is 0 Å². The average Bonchev–Trinajstić information content (AvgIpc) is 3.06. The van der Waals surface area contributed by atoms with E-state index in [2.05, 4.69) is 26.5 Å². The van der Waals surface area contributed by atoms with Crippen LogP contribution in [0.4, 0.5) is 0 Å². The van der Waals surface area contributed by atoms with Crippen molar-refractivity contribution in [3.63, 3.8) is 0 Å². The molecule has 0 aromatic carbocycles. The zero-order chi connectivity index (χ0) is 15.3. The van der Waals surface area contributed by atoms with Gasteiger partial charge < -0.3 is 10.1 Å². The van der Waals surface area contributed by atoms with Crippen molar-refractivity contribution in [2.75, 3.05) is 6.61 Å². The molecule has 0 bridgehead atoms. The van der Waals surface area contributed by atoms with Crippen LogP contribution in [0.25, 0.3) is 0 Å². The molecule has 0 aliphatic rings. The number of aromatic amines is 1. The molecule has 0 aliphatic heterocycles. The topological polar surface area (TPSA) is 95.1 Å². The molecule has 3 N–H and O–H groups in total. The molecule has 2 heterocycles. The van der Waals surface area contributed by atoms with Gasteiger partial charge in [0.2, 0.25) is 0 Å². The second-order valence-electron chi connectivity index (χ2n) is 4.20. The van der Waals surface area contributed by atoms with Crippen LogP contribution >= 0.6 is 11.3 Å². The SMILES string of the molecule is Cc1ncc(S(=O)(=O)NCc2ccc(C#CCCO)s2)[nH]1. The lowest BCUT2D eigenvalue weighted by atomic mass is 10.4. The summed E-state index contributed by atoms with van der Waals surface area (Å²) in [5.74, 6) is 6.29. The van der Waals surface area contributed by atoms with Crippen LogP contribution in [0.15, 0.2) is 23.4 Å². The van der Waals surface area contributed by atoms with E-state index >= 15 is 0 Å². The molecule has 0 aliphatic carbocycles. The minimum absolute atomic E-state index is 0.0363. The van der Waals surface area contributed by atoms with Crippen molar-refractivity contribution < 1.29 is 13.5 Å². The quantitative estimate of drug-likeness (QED) is 0.715. The van der Waals surface area contributed by atoms with E-state index in [1.807, 2.05) is 12.1 Å². The Morgan fingerprint density at radius 3 is 2.95 bits per heavy atom. The summed E-state index contributed by atoms with van der Waals surface area (Å²) < 4.78 is 26.5. The smallest absolute Gasteiger partial charge is 0.257 e. The van der Waals surface area contributed by atoms with E-state index in [4.69, 9.17) is 5.11 Å². The Morgan fingerprint density at radius 1 is 1.48 bits per heavy atom. The van der Waals surface area contributed by atoms with E-state index in [1.54, 1.807) is 6.92 Å². The molecular formula is C13H15N3O3S2. The Kier molecular flexibility index (Phi) is 5.14. The standard InChI is InChI=1S/C13H15N3O3S2/c1-10-14-9-13(16-10)21(18,19)15-8-12-6-5-11(20-12)4-2-3-7-17/h5-6,9,15,17H,3,7-8H2,1H3,(H,14,16). The van der Waals surface area contributed by atoms with Crippen molar-refractivity contribution in [2.45, 2.75) is 24.9 Å². The Bertz CT molecular complexity index is 766. The molecule has 0 amide bonds. The number of hydrogen-bond acceptors (Lipinski definition) is 5. The largest absolute Gasteiger partial charge is 0.395 e. The van der Waals surface area contributed by atoms with Crippen molar-refractivity contribution in [2.24, 2.45) is 0 Å². The van der Waals surface area contributed by atoms with Crippen molar-refractivity contribution >= 4 is 21.4 Å². The van der Waals surface area contributed by atoms with E-state index in [1.165, 1.54) is 17.5 Å². The summed E-state index contributed by atoms with van der Waals surface area (Å²) >= 11 is 1.42. The highest BCUT2D eigenvalue weighted by atomic mass is 32.2. The molecule has 112 valence electrons. The molecule has 8 heteroatoms. The molecule has 2 aromatic heterocycles. The first-order valence-electron chi connectivity index (χ1n) is 6.21. The number of aromatic nitrogens is 2. The molecule has 0 fully saturated rings. The van der Waals surface area contributed by atoms with E-state index in [-0.39, 0.29) is 18.2 Å². The number of H-pyrrole nitrogens is 1. The van der Waals surface area contributed by atoms with Crippen LogP contribution < -0.4 is 4.72 Å². The third-order valence-electron chi connectivity index (χ3n) is 2.52. The van der Waals surface area contributed by atoms with Gasteiger partial charge in [0.15, 0.2) is 5.03 Å². The van der Waals surface area contributed by atoms with E-state index in [0.717, 1.165) is 9.75 Å². The van der Waals surface area contributed by atoms with Gasteiger partial charge in [-0.2, -0.15) is 0 Å². The third kappa shape index (κ3) is 4.41.